The van der Waals surface area contributed by atoms with Crippen LogP contribution in [0.4, 0.5) is 0 Å². The molecule has 3 nitrogen and oxygen atoms in total. The van der Waals surface area contributed by atoms with Crippen molar-refractivity contribution in [2.45, 2.75) is 5.50 Å². The highest BCUT2D eigenvalue weighted by molar-refractivity contribution is 6.20. The molecule has 1 saturated heterocycles. The molecule has 1 aliphatic rings. The molecule has 2 N–H and O–H groups in total. The van der Waals surface area contributed by atoms with Crippen molar-refractivity contribution in [2.75, 3.05) is 46.8 Å². The molecule has 1 fully saturated rings. The van der Waals surface area contributed by atoms with Crippen LogP contribution in [0.5, 0.6) is 0 Å². The van der Waals surface area contributed by atoms with Crippen molar-refractivity contribution >= 4 is 11.6 Å². The number of rotatable bonds is 2. The highest BCUT2D eigenvalue weighted by Crippen LogP contribution is 2.10. The fourth-order valence-corrected chi connectivity index (χ4v) is 1.98. The highest BCUT2D eigenvalue weighted by Gasteiger charge is 2.28. The van der Waals surface area contributed by atoms with Gasteiger partial charge in [0.2, 0.25) is 0 Å². The highest BCUT2D eigenvalue weighted by atomic mass is 35.5. The standard InChI is InChI=1S/C8H19ClN3/c1-11-3-5-12(2,6-4-11)7-8(9)10/h8H,3-7,10H2,1-2H3/q+1. The van der Waals surface area contributed by atoms with E-state index in [2.05, 4.69) is 19.0 Å². The lowest BCUT2D eigenvalue weighted by atomic mass is 10.2. The van der Waals surface area contributed by atoms with Gasteiger partial charge in [0, 0.05) is 13.1 Å². The topological polar surface area (TPSA) is 29.3 Å². The van der Waals surface area contributed by atoms with Crippen LogP contribution in [0.1, 0.15) is 0 Å². The van der Waals surface area contributed by atoms with Gasteiger partial charge in [-0.2, -0.15) is 0 Å². The first-order valence-electron chi connectivity index (χ1n) is 4.44. The maximum atomic E-state index is 5.79. The number of quaternary nitrogens is 1. The minimum absolute atomic E-state index is 0.196. The summed E-state index contributed by atoms with van der Waals surface area (Å²) in [6, 6.07) is 0. The van der Waals surface area contributed by atoms with Gasteiger partial charge in [0.05, 0.1) is 20.1 Å². The van der Waals surface area contributed by atoms with Crippen LogP contribution >= 0.6 is 11.6 Å². The van der Waals surface area contributed by atoms with Gasteiger partial charge in [0.25, 0.3) is 0 Å². The summed E-state index contributed by atoms with van der Waals surface area (Å²) < 4.78 is 1.02. The van der Waals surface area contributed by atoms with E-state index in [0.717, 1.165) is 37.2 Å². The molecule has 0 amide bonds. The smallest absolute Gasteiger partial charge is 0.130 e. The van der Waals surface area contributed by atoms with Crippen LogP contribution in [0.15, 0.2) is 0 Å². The molecular weight excluding hydrogens is 174 g/mol. The number of halogens is 1. The van der Waals surface area contributed by atoms with E-state index in [0.29, 0.717) is 0 Å². The van der Waals surface area contributed by atoms with E-state index < -0.39 is 0 Å². The van der Waals surface area contributed by atoms with Crippen molar-refractivity contribution in [1.82, 2.24) is 4.90 Å². The van der Waals surface area contributed by atoms with Crippen LogP contribution in [0.2, 0.25) is 0 Å². The molecule has 0 aromatic heterocycles. The van der Waals surface area contributed by atoms with Gasteiger partial charge in [-0.1, -0.05) is 11.6 Å². The number of alkyl halides is 1. The molecule has 0 spiro atoms. The quantitative estimate of drug-likeness (QED) is 0.376. The molecule has 0 aromatic rings. The second kappa shape index (κ2) is 3.92. The fourth-order valence-electron chi connectivity index (χ4n) is 1.65. The van der Waals surface area contributed by atoms with Crippen LogP contribution in [0.3, 0.4) is 0 Å². The van der Waals surface area contributed by atoms with Gasteiger partial charge in [-0.15, -0.1) is 0 Å². The Balaban J connectivity index is 2.39. The third-order valence-electron chi connectivity index (χ3n) is 2.66. The Kier molecular flexibility index (Phi) is 3.35. The van der Waals surface area contributed by atoms with Crippen LogP contribution in [0, 0.1) is 0 Å². The van der Waals surface area contributed by atoms with E-state index in [9.17, 15) is 0 Å². The van der Waals surface area contributed by atoms with Crippen molar-refractivity contribution < 1.29 is 4.48 Å². The van der Waals surface area contributed by atoms with E-state index >= 15 is 0 Å². The average Bonchev–Trinajstić information content (AvgIpc) is 1.94. The van der Waals surface area contributed by atoms with Gasteiger partial charge in [0.15, 0.2) is 0 Å². The minimum Gasteiger partial charge on any atom is -0.322 e. The molecule has 12 heavy (non-hydrogen) atoms. The van der Waals surface area contributed by atoms with E-state index in [1.165, 1.54) is 0 Å². The predicted molar refractivity (Wildman–Crippen MR) is 52.1 cm³/mol. The van der Waals surface area contributed by atoms with Crippen molar-refractivity contribution in [3.05, 3.63) is 0 Å². The number of nitrogens with zero attached hydrogens (tertiary/aromatic N) is 2. The fraction of sp³-hybridized carbons (Fsp3) is 1.00. The molecule has 72 valence electrons. The summed E-state index contributed by atoms with van der Waals surface area (Å²) in [6.07, 6.45) is 0. The van der Waals surface area contributed by atoms with E-state index in [1.807, 2.05) is 0 Å². The number of likely N-dealkylation sites (N-methyl/N-ethyl adjacent to an activating group) is 2. The van der Waals surface area contributed by atoms with Gasteiger partial charge >= 0.3 is 0 Å². The van der Waals surface area contributed by atoms with Gasteiger partial charge in [-0.05, 0) is 7.05 Å². The van der Waals surface area contributed by atoms with Crippen molar-refractivity contribution in [3.63, 3.8) is 0 Å². The SMILES string of the molecule is CN1CC[N+](C)(CC(N)Cl)CC1. The maximum Gasteiger partial charge on any atom is 0.130 e. The van der Waals surface area contributed by atoms with E-state index in [4.69, 9.17) is 17.3 Å². The molecule has 0 radical (unpaired) electrons. The van der Waals surface area contributed by atoms with Crippen molar-refractivity contribution in [2.24, 2.45) is 5.73 Å². The number of hydrogen-bond donors (Lipinski definition) is 1. The molecule has 1 atom stereocenters. The van der Waals surface area contributed by atoms with Gasteiger partial charge in [-0.25, -0.2) is 0 Å². The summed E-state index contributed by atoms with van der Waals surface area (Å²) in [5.41, 5.74) is 5.38. The second-order valence-electron chi connectivity index (χ2n) is 4.07. The zero-order valence-electron chi connectivity index (χ0n) is 7.96. The van der Waals surface area contributed by atoms with E-state index in [1.54, 1.807) is 0 Å². The van der Waals surface area contributed by atoms with Crippen molar-refractivity contribution in [1.29, 1.82) is 0 Å². The lowest BCUT2D eigenvalue weighted by Crippen LogP contribution is -2.59. The summed E-state index contributed by atoms with van der Waals surface area (Å²) in [5.74, 6) is 0. The second-order valence-corrected chi connectivity index (χ2v) is 4.63. The van der Waals surface area contributed by atoms with Gasteiger partial charge in [-0.3, -0.25) is 4.90 Å². The summed E-state index contributed by atoms with van der Waals surface area (Å²) in [6.45, 7) is 5.52. The van der Waals surface area contributed by atoms with Gasteiger partial charge in [0.1, 0.15) is 12.0 Å². The average molecular weight is 193 g/mol. The molecule has 1 aliphatic heterocycles. The molecule has 1 rings (SSSR count). The molecule has 1 unspecified atom stereocenters. The molecule has 0 bridgehead atoms. The zero-order valence-corrected chi connectivity index (χ0v) is 8.72. The molecule has 0 aliphatic carbocycles. The summed E-state index contributed by atoms with van der Waals surface area (Å²) in [4.78, 5) is 2.35. The lowest BCUT2D eigenvalue weighted by Gasteiger charge is -2.41. The van der Waals surface area contributed by atoms with Gasteiger partial charge < -0.3 is 10.2 Å². The zero-order chi connectivity index (χ0) is 9.19. The Bertz CT molecular complexity index is 141. The Morgan fingerprint density at radius 2 is 2.00 bits per heavy atom. The summed E-state index contributed by atoms with van der Waals surface area (Å²) >= 11 is 5.79. The third-order valence-corrected chi connectivity index (χ3v) is 2.80. The number of hydrogen-bond acceptors (Lipinski definition) is 2. The number of nitrogens with two attached hydrogens (primary N) is 1. The molecular formula is C8H19ClN3+. The Morgan fingerprint density at radius 3 is 2.42 bits per heavy atom. The summed E-state index contributed by atoms with van der Waals surface area (Å²) in [7, 11) is 4.39. The Labute approximate surface area is 79.7 Å². The molecule has 0 aromatic carbocycles. The van der Waals surface area contributed by atoms with Crippen LogP contribution in [-0.2, 0) is 0 Å². The maximum absolute atomic E-state index is 5.79. The van der Waals surface area contributed by atoms with Crippen LogP contribution in [0.25, 0.3) is 0 Å². The largest absolute Gasteiger partial charge is 0.322 e. The first kappa shape index (κ1) is 10.3. The van der Waals surface area contributed by atoms with E-state index in [-0.39, 0.29) is 5.50 Å². The molecule has 1 heterocycles. The molecule has 0 saturated carbocycles. The van der Waals surface area contributed by atoms with Crippen molar-refractivity contribution in [3.8, 4) is 0 Å². The Hall–Kier alpha value is 0.170. The third kappa shape index (κ3) is 2.90. The lowest BCUT2D eigenvalue weighted by molar-refractivity contribution is -0.913. The van der Waals surface area contributed by atoms with Crippen LogP contribution < -0.4 is 5.73 Å². The molecule has 4 heteroatoms. The first-order valence-corrected chi connectivity index (χ1v) is 4.87. The normalized spacial score (nSPS) is 27.0. The summed E-state index contributed by atoms with van der Waals surface area (Å²) in [5, 5.41) is 0. The first-order chi connectivity index (χ1) is 5.52. The monoisotopic (exact) mass is 192 g/mol. The number of piperazine rings is 1. The predicted octanol–water partition coefficient (Wildman–Crippen LogP) is -0.0980. The van der Waals surface area contributed by atoms with Crippen LogP contribution in [-0.4, -0.2) is 61.7 Å². The Morgan fingerprint density at radius 1 is 1.50 bits per heavy atom. The minimum atomic E-state index is -0.196.